The highest BCUT2D eigenvalue weighted by atomic mass is 32.2. The molecule has 3 N–H and O–H groups in total. The Hall–Kier alpha value is 0.0300. The molecule has 2 unspecified atom stereocenters. The number of rotatable bonds is 8. The molecule has 0 radical (unpaired) electrons. The first-order chi connectivity index (χ1) is 6.95. The van der Waals surface area contributed by atoms with Crippen molar-refractivity contribution in [2.24, 2.45) is 5.41 Å². The predicted molar refractivity (Wildman–Crippen MR) is 63.3 cm³/mol. The van der Waals surface area contributed by atoms with Gasteiger partial charge in [0, 0.05) is 34.3 Å². The van der Waals surface area contributed by atoms with E-state index in [0.29, 0.717) is 6.54 Å². The van der Waals surface area contributed by atoms with Crippen molar-refractivity contribution in [2.75, 3.05) is 32.6 Å². The molecule has 0 aromatic heterocycles. The van der Waals surface area contributed by atoms with Crippen LogP contribution in [0.3, 0.4) is 0 Å². The zero-order valence-corrected chi connectivity index (χ0v) is 10.6. The molecule has 4 nitrogen and oxygen atoms in total. The van der Waals surface area contributed by atoms with Gasteiger partial charge in [-0.15, -0.1) is 0 Å². The van der Waals surface area contributed by atoms with Gasteiger partial charge in [-0.3, -0.25) is 4.21 Å². The van der Waals surface area contributed by atoms with E-state index in [4.69, 9.17) is 10.2 Å². The molecule has 0 amide bonds. The van der Waals surface area contributed by atoms with E-state index in [1.165, 1.54) is 0 Å². The van der Waals surface area contributed by atoms with Crippen LogP contribution in [0.15, 0.2) is 0 Å². The Balaban J connectivity index is 3.66. The smallest absolute Gasteiger partial charge is 0.0518 e. The van der Waals surface area contributed by atoms with Crippen molar-refractivity contribution in [1.29, 1.82) is 0 Å². The van der Waals surface area contributed by atoms with Crippen LogP contribution in [-0.2, 0) is 10.8 Å². The second kappa shape index (κ2) is 7.33. The summed E-state index contributed by atoms with van der Waals surface area (Å²) in [6.45, 7) is 5.04. The fourth-order valence-electron chi connectivity index (χ4n) is 1.02. The van der Waals surface area contributed by atoms with Crippen LogP contribution in [-0.4, -0.2) is 52.2 Å². The van der Waals surface area contributed by atoms with Gasteiger partial charge in [0.1, 0.15) is 0 Å². The third-order valence-corrected chi connectivity index (χ3v) is 3.98. The molecule has 0 aliphatic heterocycles. The number of hydrogen-bond acceptors (Lipinski definition) is 4. The number of aliphatic hydroxyl groups excluding tert-OH is 2. The second-order valence-electron chi connectivity index (χ2n) is 4.40. The fraction of sp³-hybridized carbons (Fsp3) is 1.00. The van der Waals surface area contributed by atoms with Crippen LogP contribution in [0.25, 0.3) is 0 Å². The molecule has 0 aliphatic carbocycles. The summed E-state index contributed by atoms with van der Waals surface area (Å²) in [7, 11) is -0.777. The minimum atomic E-state index is -0.777. The summed E-state index contributed by atoms with van der Waals surface area (Å²) in [6, 6.07) is 0. The minimum absolute atomic E-state index is 0.0360. The first-order valence-electron chi connectivity index (χ1n) is 5.20. The van der Waals surface area contributed by atoms with E-state index in [2.05, 4.69) is 5.32 Å². The lowest BCUT2D eigenvalue weighted by atomic mass is 9.93. The summed E-state index contributed by atoms with van der Waals surface area (Å²) in [4.78, 5) is 0. The molecular weight excluding hydrogens is 214 g/mol. The van der Waals surface area contributed by atoms with Crippen LogP contribution in [0.2, 0.25) is 0 Å². The van der Waals surface area contributed by atoms with Crippen LogP contribution in [0, 0.1) is 5.41 Å². The summed E-state index contributed by atoms with van der Waals surface area (Å²) in [5, 5.41) is 21.4. The Bertz CT molecular complexity index is 195. The molecule has 0 fully saturated rings. The van der Waals surface area contributed by atoms with E-state index in [0.717, 1.165) is 13.0 Å². The predicted octanol–water partition coefficient (Wildman–Crippen LogP) is -0.276. The van der Waals surface area contributed by atoms with E-state index >= 15 is 0 Å². The zero-order chi connectivity index (χ0) is 11.9. The van der Waals surface area contributed by atoms with Gasteiger partial charge in [0.2, 0.25) is 0 Å². The van der Waals surface area contributed by atoms with Crippen molar-refractivity contribution >= 4 is 10.8 Å². The molecule has 2 atom stereocenters. The molecule has 5 heteroatoms. The van der Waals surface area contributed by atoms with Gasteiger partial charge in [0.25, 0.3) is 0 Å². The standard InChI is InChI=1S/C10H23NO3S/c1-9(15(3)14)4-5-11-6-10(2,7-12)8-13/h9,11-13H,4-8H2,1-3H3. The monoisotopic (exact) mass is 237 g/mol. The SMILES string of the molecule is CC(CCNCC(C)(CO)CO)S(C)=O. The molecule has 0 spiro atoms. The summed E-state index contributed by atoms with van der Waals surface area (Å²) < 4.78 is 11.1. The third kappa shape index (κ3) is 6.25. The van der Waals surface area contributed by atoms with Crippen LogP contribution < -0.4 is 5.32 Å². The topological polar surface area (TPSA) is 69.6 Å². The van der Waals surface area contributed by atoms with Gasteiger partial charge >= 0.3 is 0 Å². The molecule has 0 bridgehead atoms. The van der Waals surface area contributed by atoms with Gasteiger partial charge in [0.15, 0.2) is 0 Å². The maximum atomic E-state index is 11.1. The molecule has 15 heavy (non-hydrogen) atoms. The Labute approximate surface area is 94.5 Å². The molecule has 0 saturated heterocycles. The average molecular weight is 237 g/mol. The number of aliphatic hydroxyl groups is 2. The van der Waals surface area contributed by atoms with Gasteiger partial charge in [-0.1, -0.05) is 13.8 Å². The largest absolute Gasteiger partial charge is 0.396 e. The maximum absolute atomic E-state index is 11.1. The second-order valence-corrected chi connectivity index (χ2v) is 6.20. The van der Waals surface area contributed by atoms with Crippen LogP contribution >= 0.6 is 0 Å². The van der Waals surface area contributed by atoms with Crippen molar-refractivity contribution in [3.63, 3.8) is 0 Å². The van der Waals surface area contributed by atoms with Gasteiger partial charge in [-0.25, -0.2) is 0 Å². The molecule has 92 valence electrons. The molecule has 0 rings (SSSR count). The number of nitrogens with one attached hydrogen (secondary N) is 1. The van der Waals surface area contributed by atoms with E-state index in [1.54, 1.807) is 6.26 Å². The molecule has 0 saturated carbocycles. The van der Waals surface area contributed by atoms with Crippen molar-refractivity contribution in [3.05, 3.63) is 0 Å². The summed E-state index contributed by atoms with van der Waals surface area (Å²) in [5.41, 5.74) is -0.464. The Morgan fingerprint density at radius 2 is 1.93 bits per heavy atom. The highest BCUT2D eigenvalue weighted by Crippen LogP contribution is 2.11. The van der Waals surface area contributed by atoms with Crippen molar-refractivity contribution < 1.29 is 14.4 Å². The molecule has 0 aliphatic rings. The fourth-order valence-corrected chi connectivity index (χ4v) is 1.47. The lowest BCUT2D eigenvalue weighted by Crippen LogP contribution is -2.38. The maximum Gasteiger partial charge on any atom is 0.0518 e. The van der Waals surface area contributed by atoms with Crippen molar-refractivity contribution in [3.8, 4) is 0 Å². The Morgan fingerprint density at radius 1 is 1.40 bits per heavy atom. The summed E-state index contributed by atoms with van der Waals surface area (Å²) >= 11 is 0. The number of hydrogen-bond donors (Lipinski definition) is 3. The molecule has 0 aromatic rings. The summed E-state index contributed by atoms with van der Waals surface area (Å²) in [5.74, 6) is 0. The van der Waals surface area contributed by atoms with Gasteiger partial charge in [0.05, 0.1) is 13.2 Å². The van der Waals surface area contributed by atoms with E-state index < -0.39 is 16.2 Å². The van der Waals surface area contributed by atoms with Crippen molar-refractivity contribution in [1.82, 2.24) is 5.32 Å². The molecule has 0 aromatic carbocycles. The third-order valence-electron chi connectivity index (χ3n) is 2.61. The lowest BCUT2D eigenvalue weighted by molar-refractivity contribution is 0.0699. The average Bonchev–Trinajstić information content (AvgIpc) is 2.23. The Morgan fingerprint density at radius 3 is 2.33 bits per heavy atom. The lowest BCUT2D eigenvalue weighted by Gasteiger charge is -2.25. The van der Waals surface area contributed by atoms with Crippen LogP contribution in [0.1, 0.15) is 20.3 Å². The quantitative estimate of drug-likeness (QED) is 0.508. The first-order valence-corrected chi connectivity index (χ1v) is 6.82. The van der Waals surface area contributed by atoms with Crippen LogP contribution in [0.5, 0.6) is 0 Å². The van der Waals surface area contributed by atoms with Crippen molar-refractivity contribution in [2.45, 2.75) is 25.5 Å². The van der Waals surface area contributed by atoms with E-state index in [-0.39, 0.29) is 18.5 Å². The van der Waals surface area contributed by atoms with Gasteiger partial charge < -0.3 is 15.5 Å². The van der Waals surface area contributed by atoms with E-state index in [9.17, 15) is 4.21 Å². The minimum Gasteiger partial charge on any atom is -0.396 e. The normalized spacial score (nSPS) is 16.3. The Kier molecular flexibility index (Phi) is 7.34. The van der Waals surface area contributed by atoms with E-state index in [1.807, 2.05) is 13.8 Å². The highest BCUT2D eigenvalue weighted by Gasteiger charge is 2.21. The molecular formula is C10H23NO3S. The zero-order valence-electron chi connectivity index (χ0n) is 9.82. The first kappa shape index (κ1) is 15.0. The molecule has 0 heterocycles. The van der Waals surface area contributed by atoms with Gasteiger partial charge in [-0.05, 0) is 13.0 Å². The highest BCUT2D eigenvalue weighted by molar-refractivity contribution is 7.84. The van der Waals surface area contributed by atoms with Crippen LogP contribution in [0.4, 0.5) is 0 Å². The summed E-state index contributed by atoms with van der Waals surface area (Å²) in [6.07, 6.45) is 2.55. The van der Waals surface area contributed by atoms with Gasteiger partial charge in [-0.2, -0.15) is 0 Å².